The first-order valence-corrected chi connectivity index (χ1v) is 6.55. The van der Waals surface area contributed by atoms with Gasteiger partial charge in [-0.25, -0.2) is 16.8 Å². The van der Waals surface area contributed by atoms with Crippen LogP contribution in [0.1, 0.15) is 0 Å². The van der Waals surface area contributed by atoms with E-state index in [-0.39, 0.29) is 9.79 Å². The number of benzene rings is 1. The van der Waals surface area contributed by atoms with Crippen LogP contribution >= 0.6 is 0 Å². The summed E-state index contributed by atoms with van der Waals surface area (Å²) < 4.78 is 44.6. The van der Waals surface area contributed by atoms with Crippen LogP contribution < -0.4 is 0 Å². The van der Waals surface area contributed by atoms with Crippen molar-refractivity contribution in [2.24, 2.45) is 0 Å². The first kappa shape index (κ1) is 7.75. The molecule has 1 aromatic rings. The second kappa shape index (κ2) is 1.89. The van der Waals surface area contributed by atoms with E-state index in [1.165, 1.54) is 18.2 Å². The van der Waals surface area contributed by atoms with Gasteiger partial charge in [0, 0.05) is 0 Å². The molecule has 0 unspecified atom stereocenters. The van der Waals surface area contributed by atoms with Crippen molar-refractivity contribution < 1.29 is 16.8 Å². The molecule has 0 spiro atoms. The van der Waals surface area contributed by atoms with Crippen LogP contribution in [0.5, 0.6) is 0 Å². The lowest BCUT2D eigenvalue weighted by Gasteiger charge is -1.91. The summed E-state index contributed by atoms with van der Waals surface area (Å²) in [7, 11) is -8.25. The van der Waals surface area contributed by atoms with E-state index >= 15 is 0 Å². The summed E-state index contributed by atoms with van der Waals surface area (Å²) in [5.41, 5.74) is 0. The predicted molar refractivity (Wildman–Crippen MR) is 40.8 cm³/mol. The second-order valence-electron chi connectivity index (χ2n) is 2.38. The lowest BCUT2D eigenvalue weighted by atomic mass is 10.4. The third kappa shape index (κ3) is 0.663. The van der Waals surface area contributed by atoms with Gasteiger partial charge >= 0.3 is 0 Å². The summed E-state index contributed by atoms with van der Waals surface area (Å²) in [6, 6.07) is 5.10. The van der Waals surface area contributed by atoms with E-state index in [0.29, 0.717) is 0 Å². The molecule has 4 nitrogen and oxygen atoms in total. The van der Waals surface area contributed by atoms with Crippen LogP contribution in [0.15, 0.2) is 34.1 Å². The second-order valence-corrected chi connectivity index (χ2v) is 7.78. The lowest BCUT2D eigenvalue weighted by Crippen LogP contribution is -2.08. The number of fused-ring (bicyclic) bond motifs is 2. The fourth-order valence-corrected chi connectivity index (χ4v) is 4.80. The SMILES string of the molecule is O=S1(=O)c2cccc(c2)S1(=O)=O. The zero-order valence-electron chi connectivity index (χ0n) is 5.76. The Labute approximate surface area is 69.1 Å². The topological polar surface area (TPSA) is 68.3 Å². The van der Waals surface area contributed by atoms with Crippen molar-refractivity contribution in [1.29, 1.82) is 0 Å². The van der Waals surface area contributed by atoms with Gasteiger partial charge in [-0.2, -0.15) is 0 Å². The van der Waals surface area contributed by atoms with Gasteiger partial charge in [0.1, 0.15) is 0 Å². The standard InChI is InChI=1S/C6H4O4S2/c7-11(8)5-2-1-3-6(4-5)12(11,9)10/h1-4H. The van der Waals surface area contributed by atoms with Crippen molar-refractivity contribution >= 4 is 17.7 Å². The Morgan fingerprint density at radius 2 is 1.25 bits per heavy atom. The van der Waals surface area contributed by atoms with E-state index in [0.717, 1.165) is 6.07 Å². The quantitative estimate of drug-likeness (QED) is 0.564. The van der Waals surface area contributed by atoms with Crippen molar-refractivity contribution in [3.05, 3.63) is 24.3 Å². The summed E-state index contributed by atoms with van der Waals surface area (Å²) in [6.07, 6.45) is 0. The van der Waals surface area contributed by atoms with Gasteiger partial charge in [0.2, 0.25) is 0 Å². The summed E-state index contributed by atoms with van der Waals surface area (Å²) in [5, 5.41) is 0. The molecule has 2 bridgehead atoms. The van der Waals surface area contributed by atoms with Crippen LogP contribution in [0.2, 0.25) is 0 Å². The number of hydrogen-bond donors (Lipinski definition) is 0. The smallest absolute Gasteiger partial charge is 0.207 e. The molecule has 0 saturated carbocycles. The van der Waals surface area contributed by atoms with Crippen LogP contribution in [0, 0.1) is 0 Å². The van der Waals surface area contributed by atoms with Crippen LogP contribution in [0.25, 0.3) is 0 Å². The molecule has 0 N–H and O–H groups in total. The van der Waals surface area contributed by atoms with Crippen molar-refractivity contribution in [3.63, 3.8) is 0 Å². The molecule has 0 saturated heterocycles. The Bertz CT molecular complexity index is 491. The zero-order chi connectivity index (χ0) is 8.98. The zero-order valence-corrected chi connectivity index (χ0v) is 7.39. The van der Waals surface area contributed by atoms with Crippen LogP contribution in [-0.2, 0) is 17.7 Å². The molecule has 0 aromatic heterocycles. The van der Waals surface area contributed by atoms with Gasteiger partial charge in [0.25, 0.3) is 17.7 Å². The van der Waals surface area contributed by atoms with E-state index in [4.69, 9.17) is 0 Å². The molecule has 1 aliphatic heterocycles. The van der Waals surface area contributed by atoms with Gasteiger partial charge in [-0.05, 0) is 18.2 Å². The number of hydrogen-bond acceptors (Lipinski definition) is 4. The van der Waals surface area contributed by atoms with Gasteiger partial charge in [-0.15, -0.1) is 0 Å². The summed E-state index contributed by atoms with van der Waals surface area (Å²) in [4.78, 5) is -0.278. The Morgan fingerprint density at radius 3 is 1.58 bits per heavy atom. The molecule has 64 valence electrons. The molecule has 1 aromatic carbocycles. The highest BCUT2D eigenvalue weighted by Crippen LogP contribution is 2.32. The Hall–Kier alpha value is -0.880. The van der Waals surface area contributed by atoms with E-state index in [1.807, 2.05) is 0 Å². The molecule has 1 aliphatic rings. The van der Waals surface area contributed by atoms with Crippen molar-refractivity contribution in [2.75, 3.05) is 0 Å². The van der Waals surface area contributed by atoms with Crippen molar-refractivity contribution in [1.82, 2.24) is 0 Å². The van der Waals surface area contributed by atoms with E-state index < -0.39 is 17.7 Å². The maximum Gasteiger partial charge on any atom is 0.286 e. The molecule has 0 fully saturated rings. The first-order chi connectivity index (χ1) is 5.46. The maximum atomic E-state index is 11.1. The van der Waals surface area contributed by atoms with Gasteiger partial charge in [0.05, 0.1) is 9.79 Å². The van der Waals surface area contributed by atoms with Crippen LogP contribution in [0.4, 0.5) is 0 Å². The van der Waals surface area contributed by atoms with E-state index in [9.17, 15) is 16.8 Å². The lowest BCUT2D eigenvalue weighted by molar-refractivity contribution is 0.586. The van der Waals surface area contributed by atoms with Gasteiger partial charge in [0.15, 0.2) is 0 Å². The average Bonchev–Trinajstić information content (AvgIpc) is 2.13. The fourth-order valence-electron chi connectivity index (χ4n) is 1.04. The van der Waals surface area contributed by atoms with Gasteiger partial charge in [-0.3, -0.25) is 0 Å². The molecule has 6 heteroatoms. The summed E-state index contributed by atoms with van der Waals surface area (Å²) in [5.74, 6) is 0. The largest absolute Gasteiger partial charge is 0.286 e. The molecule has 0 aliphatic carbocycles. The minimum Gasteiger partial charge on any atom is -0.207 e. The minimum absolute atomic E-state index is 0.139. The van der Waals surface area contributed by atoms with Crippen molar-refractivity contribution in [2.45, 2.75) is 9.79 Å². The van der Waals surface area contributed by atoms with Crippen LogP contribution in [0.3, 0.4) is 0 Å². The molecule has 1 heterocycles. The molecular formula is C6H4O4S2. The minimum atomic E-state index is -4.12. The Balaban J connectivity index is 3.07. The summed E-state index contributed by atoms with van der Waals surface area (Å²) in [6.45, 7) is 0. The van der Waals surface area contributed by atoms with Crippen molar-refractivity contribution in [3.8, 4) is 0 Å². The highest BCUT2D eigenvalue weighted by atomic mass is 33.2. The molecule has 0 radical (unpaired) electrons. The predicted octanol–water partition coefficient (Wildman–Crippen LogP) is 0.163. The molecule has 12 heavy (non-hydrogen) atoms. The normalized spacial score (nSPS) is 22.3. The van der Waals surface area contributed by atoms with E-state index in [2.05, 4.69) is 0 Å². The third-order valence-corrected chi connectivity index (χ3v) is 6.80. The van der Waals surface area contributed by atoms with E-state index in [1.54, 1.807) is 0 Å². The fraction of sp³-hybridized carbons (Fsp3) is 0. The Kier molecular flexibility index (Phi) is 1.22. The highest BCUT2D eigenvalue weighted by Gasteiger charge is 2.39. The van der Waals surface area contributed by atoms with Gasteiger partial charge < -0.3 is 0 Å². The number of rotatable bonds is 0. The first-order valence-electron chi connectivity index (χ1n) is 3.06. The molecule has 2 rings (SSSR count). The third-order valence-electron chi connectivity index (χ3n) is 1.67. The summed E-state index contributed by atoms with van der Waals surface area (Å²) >= 11 is 0. The Morgan fingerprint density at radius 1 is 0.833 bits per heavy atom. The van der Waals surface area contributed by atoms with Gasteiger partial charge in [-0.1, -0.05) is 6.07 Å². The van der Waals surface area contributed by atoms with Crippen LogP contribution in [-0.4, -0.2) is 16.8 Å². The molecule has 0 amide bonds. The molecule has 0 atom stereocenters. The monoisotopic (exact) mass is 204 g/mol. The molecular weight excluding hydrogens is 200 g/mol. The highest BCUT2D eigenvalue weighted by molar-refractivity contribution is 8.67. The maximum absolute atomic E-state index is 11.1. The average molecular weight is 204 g/mol.